The van der Waals surface area contributed by atoms with Crippen LogP contribution >= 0.6 is 0 Å². The molecule has 3 atom stereocenters. The number of benzene rings is 1. The molecule has 0 saturated heterocycles. The lowest BCUT2D eigenvalue weighted by Gasteiger charge is -2.33. The minimum atomic E-state index is 0.571. The summed E-state index contributed by atoms with van der Waals surface area (Å²) < 4.78 is 5.38. The topological polar surface area (TPSA) is 45.0 Å². The predicted molar refractivity (Wildman–Crippen MR) is 80.5 cm³/mol. The van der Waals surface area contributed by atoms with Crippen LogP contribution in [0.2, 0.25) is 0 Å². The lowest BCUT2D eigenvalue weighted by atomic mass is 9.80. The van der Waals surface area contributed by atoms with Gasteiger partial charge in [0.25, 0.3) is 0 Å². The lowest BCUT2D eigenvalue weighted by Crippen LogP contribution is -2.38. The molecule has 1 saturated carbocycles. The van der Waals surface area contributed by atoms with Gasteiger partial charge in [-0.25, -0.2) is 0 Å². The maximum Gasteiger partial charge on any atom is 0.123 e. The Morgan fingerprint density at radius 3 is 2.80 bits per heavy atom. The monoisotopic (exact) mass is 272 g/mol. The van der Waals surface area contributed by atoms with Crippen molar-refractivity contribution in [1.29, 1.82) is 5.26 Å². The second-order valence-corrected chi connectivity index (χ2v) is 6.02. The first-order valence-electron chi connectivity index (χ1n) is 7.44. The number of hydrogen-bond donors (Lipinski definition) is 1. The number of nitrogens with one attached hydrogen (secondary N) is 1. The van der Waals surface area contributed by atoms with Crippen LogP contribution in [0.4, 0.5) is 0 Å². The zero-order chi connectivity index (χ0) is 14.5. The average molecular weight is 272 g/mol. The molecule has 0 aromatic heterocycles. The first-order chi connectivity index (χ1) is 9.63. The van der Waals surface area contributed by atoms with Crippen LogP contribution in [0.15, 0.2) is 18.2 Å². The van der Waals surface area contributed by atoms with Crippen molar-refractivity contribution in [3.8, 4) is 11.8 Å². The summed E-state index contributed by atoms with van der Waals surface area (Å²) in [4.78, 5) is 0. The quantitative estimate of drug-likeness (QED) is 0.912. The minimum Gasteiger partial charge on any atom is -0.496 e. The highest BCUT2D eigenvalue weighted by molar-refractivity contribution is 5.42. The first-order valence-corrected chi connectivity index (χ1v) is 7.44. The number of methoxy groups -OCH3 is 1. The van der Waals surface area contributed by atoms with Crippen LogP contribution in [-0.2, 0) is 6.54 Å². The van der Waals surface area contributed by atoms with Crippen molar-refractivity contribution in [2.75, 3.05) is 7.11 Å². The molecule has 1 fully saturated rings. The largest absolute Gasteiger partial charge is 0.496 e. The normalized spacial score (nSPS) is 26.0. The van der Waals surface area contributed by atoms with E-state index in [0.717, 1.165) is 23.8 Å². The second kappa shape index (κ2) is 6.76. The summed E-state index contributed by atoms with van der Waals surface area (Å²) >= 11 is 0. The van der Waals surface area contributed by atoms with E-state index in [2.05, 4.69) is 25.2 Å². The van der Waals surface area contributed by atoms with Gasteiger partial charge in [-0.3, -0.25) is 0 Å². The highest BCUT2D eigenvalue weighted by Gasteiger charge is 2.24. The third kappa shape index (κ3) is 3.52. The summed E-state index contributed by atoms with van der Waals surface area (Å²) in [5.74, 6) is 2.41. The Morgan fingerprint density at radius 1 is 1.35 bits per heavy atom. The lowest BCUT2D eigenvalue weighted by molar-refractivity contribution is 0.226. The standard InChI is InChI=1S/C17H24N2O/c1-12-4-6-16(13(2)8-12)19-11-15-9-14(10-18)5-7-17(15)20-3/h5,7,9,12-13,16,19H,4,6,8,11H2,1-3H3. The molecule has 1 aromatic rings. The van der Waals surface area contributed by atoms with E-state index in [1.165, 1.54) is 19.3 Å². The van der Waals surface area contributed by atoms with Crippen molar-refractivity contribution in [3.05, 3.63) is 29.3 Å². The molecule has 0 radical (unpaired) electrons. The molecule has 1 N–H and O–H groups in total. The molecule has 0 bridgehead atoms. The molecule has 3 heteroatoms. The number of nitrogens with zero attached hydrogens (tertiary/aromatic N) is 1. The zero-order valence-electron chi connectivity index (χ0n) is 12.6. The smallest absolute Gasteiger partial charge is 0.123 e. The summed E-state index contributed by atoms with van der Waals surface area (Å²) in [5.41, 5.74) is 1.75. The summed E-state index contributed by atoms with van der Waals surface area (Å²) in [7, 11) is 1.68. The highest BCUT2D eigenvalue weighted by Crippen LogP contribution is 2.29. The Bertz CT molecular complexity index is 492. The molecule has 108 valence electrons. The summed E-state index contributed by atoms with van der Waals surface area (Å²) in [6, 6.07) is 8.35. The Kier molecular flexibility index (Phi) is 5.03. The zero-order valence-corrected chi connectivity index (χ0v) is 12.6. The van der Waals surface area contributed by atoms with Gasteiger partial charge in [0, 0.05) is 18.2 Å². The van der Waals surface area contributed by atoms with Gasteiger partial charge in [0.1, 0.15) is 5.75 Å². The van der Waals surface area contributed by atoms with Crippen LogP contribution in [0.1, 0.15) is 44.2 Å². The molecule has 0 heterocycles. The van der Waals surface area contributed by atoms with Crippen LogP contribution in [-0.4, -0.2) is 13.2 Å². The fraction of sp³-hybridized carbons (Fsp3) is 0.588. The van der Waals surface area contributed by atoms with Gasteiger partial charge in [0.05, 0.1) is 18.7 Å². The first kappa shape index (κ1) is 14.9. The van der Waals surface area contributed by atoms with Crippen molar-refractivity contribution in [2.45, 2.75) is 45.7 Å². The van der Waals surface area contributed by atoms with E-state index in [9.17, 15) is 0 Å². The Labute approximate surface area is 121 Å². The SMILES string of the molecule is COc1ccc(C#N)cc1CNC1CCC(C)CC1C. The molecular weight excluding hydrogens is 248 g/mol. The molecule has 1 aliphatic carbocycles. The van der Waals surface area contributed by atoms with E-state index < -0.39 is 0 Å². The molecule has 3 nitrogen and oxygen atoms in total. The van der Waals surface area contributed by atoms with Crippen molar-refractivity contribution in [2.24, 2.45) is 11.8 Å². The molecule has 20 heavy (non-hydrogen) atoms. The summed E-state index contributed by atoms with van der Waals surface area (Å²) in [5, 5.41) is 12.6. The number of rotatable bonds is 4. The molecule has 2 rings (SSSR count). The Balaban J connectivity index is 2.01. The van der Waals surface area contributed by atoms with E-state index in [1.54, 1.807) is 13.2 Å². The predicted octanol–water partition coefficient (Wildman–Crippen LogP) is 3.48. The van der Waals surface area contributed by atoms with E-state index in [0.29, 0.717) is 17.5 Å². The summed E-state index contributed by atoms with van der Waals surface area (Å²) in [6.45, 7) is 5.43. The molecule has 0 spiro atoms. The Morgan fingerprint density at radius 2 is 2.15 bits per heavy atom. The van der Waals surface area contributed by atoms with E-state index in [1.807, 2.05) is 12.1 Å². The van der Waals surface area contributed by atoms with Crippen LogP contribution < -0.4 is 10.1 Å². The van der Waals surface area contributed by atoms with Gasteiger partial charge in [0.15, 0.2) is 0 Å². The molecule has 3 unspecified atom stereocenters. The average Bonchev–Trinajstić information content (AvgIpc) is 2.46. The fourth-order valence-electron chi connectivity index (χ4n) is 3.20. The van der Waals surface area contributed by atoms with E-state index >= 15 is 0 Å². The third-order valence-electron chi connectivity index (χ3n) is 4.40. The third-order valence-corrected chi connectivity index (χ3v) is 4.40. The van der Waals surface area contributed by atoms with Crippen LogP contribution in [0, 0.1) is 23.2 Å². The van der Waals surface area contributed by atoms with Gasteiger partial charge in [-0.1, -0.05) is 13.8 Å². The van der Waals surface area contributed by atoms with Crippen molar-refractivity contribution < 1.29 is 4.74 Å². The van der Waals surface area contributed by atoms with Gasteiger partial charge in [0.2, 0.25) is 0 Å². The van der Waals surface area contributed by atoms with Crippen LogP contribution in [0.5, 0.6) is 5.75 Å². The van der Waals surface area contributed by atoms with Crippen LogP contribution in [0.3, 0.4) is 0 Å². The van der Waals surface area contributed by atoms with Crippen LogP contribution in [0.25, 0.3) is 0 Å². The number of nitriles is 1. The van der Waals surface area contributed by atoms with Gasteiger partial charge in [-0.2, -0.15) is 5.26 Å². The van der Waals surface area contributed by atoms with Gasteiger partial charge in [-0.05, 0) is 49.3 Å². The van der Waals surface area contributed by atoms with Gasteiger partial charge < -0.3 is 10.1 Å². The fourth-order valence-corrected chi connectivity index (χ4v) is 3.20. The maximum atomic E-state index is 9.00. The maximum absolute atomic E-state index is 9.00. The van der Waals surface area contributed by atoms with E-state index in [4.69, 9.17) is 10.00 Å². The minimum absolute atomic E-state index is 0.571. The molecule has 1 aromatic carbocycles. The molecular formula is C17H24N2O. The van der Waals surface area contributed by atoms with Crippen molar-refractivity contribution in [1.82, 2.24) is 5.32 Å². The Hall–Kier alpha value is -1.53. The van der Waals surface area contributed by atoms with Gasteiger partial charge in [-0.15, -0.1) is 0 Å². The number of ether oxygens (including phenoxy) is 1. The molecule has 0 aliphatic heterocycles. The highest BCUT2D eigenvalue weighted by atomic mass is 16.5. The van der Waals surface area contributed by atoms with E-state index in [-0.39, 0.29) is 0 Å². The summed E-state index contributed by atoms with van der Waals surface area (Å²) in [6.07, 6.45) is 3.84. The van der Waals surface area contributed by atoms with Crippen molar-refractivity contribution in [3.63, 3.8) is 0 Å². The molecule has 1 aliphatic rings. The van der Waals surface area contributed by atoms with Gasteiger partial charge >= 0.3 is 0 Å². The molecule has 0 amide bonds. The van der Waals surface area contributed by atoms with Crippen molar-refractivity contribution >= 4 is 0 Å². The second-order valence-electron chi connectivity index (χ2n) is 6.02. The number of hydrogen-bond acceptors (Lipinski definition) is 3.